The molecule has 0 amide bonds. The Morgan fingerprint density at radius 3 is 2.73 bits per heavy atom. The first-order valence-electron chi connectivity index (χ1n) is 10.5. The number of pyridine rings is 1. The van der Waals surface area contributed by atoms with E-state index in [1.54, 1.807) is 23.9 Å². The third-order valence-electron chi connectivity index (χ3n) is 5.34. The van der Waals surface area contributed by atoms with Crippen LogP contribution in [0.25, 0.3) is 27.8 Å². The molecular formula is C25H19N7S. The lowest BCUT2D eigenvalue weighted by atomic mass is 10.2. The van der Waals surface area contributed by atoms with E-state index < -0.39 is 0 Å². The zero-order valence-corrected chi connectivity index (χ0v) is 18.3. The summed E-state index contributed by atoms with van der Waals surface area (Å²) in [6.07, 6.45) is 3.59. The van der Waals surface area contributed by atoms with Crippen LogP contribution in [0.1, 0.15) is 5.56 Å². The summed E-state index contributed by atoms with van der Waals surface area (Å²) in [5, 5.41) is 12.0. The number of nitrogens with one attached hydrogen (secondary N) is 2. The fraction of sp³-hybridized carbons (Fsp3) is 0.0400. The van der Waals surface area contributed by atoms with Crippen molar-refractivity contribution in [2.45, 2.75) is 6.54 Å². The first kappa shape index (κ1) is 19.4. The molecule has 0 bridgehead atoms. The minimum atomic E-state index is 0.498. The molecule has 0 saturated heterocycles. The van der Waals surface area contributed by atoms with Crippen LogP contribution in [-0.2, 0) is 6.54 Å². The van der Waals surface area contributed by atoms with Gasteiger partial charge in [0, 0.05) is 29.2 Å². The highest BCUT2D eigenvalue weighted by Gasteiger charge is 2.15. The molecule has 6 rings (SSSR count). The summed E-state index contributed by atoms with van der Waals surface area (Å²) in [4.78, 5) is 18.6. The van der Waals surface area contributed by atoms with E-state index in [4.69, 9.17) is 9.97 Å². The quantitative estimate of drug-likeness (QED) is 0.335. The van der Waals surface area contributed by atoms with Crippen LogP contribution in [0.15, 0.2) is 90.0 Å². The summed E-state index contributed by atoms with van der Waals surface area (Å²) < 4.78 is 1.98. The number of benzene rings is 2. The first-order valence-corrected chi connectivity index (χ1v) is 11.4. The zero-order valence-electron chi connectivity index (χ0n) is 17.5. The van der Waals surface area contributed by atoms with Crippen LogP contribution >= 0.6 is 11.3 Å². The van der Waals surface area contributed by atoms with Crippen LogP contribution in [0, 0.1) is 0 Å². The van der Waals surface area contributed by atoms with E-state index in [1.807, 2.05) is 58.5 Å². The van der Waals surface area contributed by atoms with Crippen LogP contribution in [0.2, 0.25) is 0 Å². The van der Waals surface area contributed by atoms with Crippen molar-refractivity contribution < 1.29 is 0 Å². The lowest BCUT2D eigenvalue weighted by molar-refractivity contribution is 1.06. The number of nitrogens with zero attached hydrogens (tertiary/aromatic N) is 5. The Balaban J connectivity index is 1.41. The molecule has 33 heavy (non-hydrogen) atoms. The van der Waals surface area contributed by atoms with Crippen LogP contribution in [0.5, 0.6) is 0 Å². The van der Waals surface area contributed by atoms with Gasteiger partial charge in [0.05, 0.1) is 11.2 Å². The van der Waals surface area contributed by atoms with E-state index in [0.717, 1.165) is 39.0 Å². The van der Waals surface area contributed by atoms with Crippen molar-refractivity contribution in [1.82, 2.24) is 24.5 Å². The van der Waals surface area contributed by atoms with Gasteiger partial charge in [-0.15, -0.1) is 0 Å². The lowest BCUT2D eigenvalue weighted by Crippen LogP contribution is -2.06. The molecule has 0 unspecified atom stereocenters. The summed E-state index contributed by atoms with van der Waals surface area (Å²) in [7, 11) is 0. The van der Waals surface area contributed by atoms with Gasteiger partial charge in [-0.3, -0.25) is 9.55 Å². The maximum absolute atomic E-state index is 4.81. The van der Waals surface area contributed by atoms with E-state index in [1.165, 1.54) is 0 Å². The topological polar surface area (TPSA) is 80.6 Å². The van der Waals surface area contributed by atoms with Gasteiger partial charge in [-0.25, -0.2) is 4.98 Å². The normalized spacial score (nSPS) is 11.2. The average Bonchev–Trinajstić information content (AvgIpc) is 3.53. The summed E-state index contributed by atoms with van der Waals surface area (Å²) in [6, 6.07) is 22.3. The highest BCUT2D eigenvalue weighted by atomic mass is 32.1. The Hall–Kier alpha value is -4.30. The zero-order chi connectivity index (χ0) is 22.0. The highest BCUT2D eigenvalue weighted by Crippen LogP contribution is 2.27. The van der Waals surface area contributed by atoms with E-state index in [0.29, 0.717) is 18.3 Å². The summed E-state index contributed by atoms with van der Waals surface area (Å²) in [5.41, 5.74) is 5.50. The molecule has 4 aromatic heterocycles. The molecular weight excluding hydrogens is 430 g/mol. The van der Waals surface area contributed by atoms with Crippen LogP contribution < -0.4 is 10.6 Å². The Morgan fingerprint density at radius 2 is 1.85 bits per heavy atom. The second-order valence-corrected chi connectivity index (χ2v) is 8.32. The molecule has 4 heterocycles. The molecule has 160 valence electrons. The number of hydrogen-bond donors (Lipinski definition) is 2. The van der Waals surface area contributed by atoms with Gasteiger partial charge in [-0.2, -0.15) is 21.3 Å². The predicted molar refractivity (Wildman–Crippen MR) is 133 cm³/mol. The first-order chi connectivity index (χ1) is 16.3. The third kappa shape index (κ3) is 3.88. The van der Waals surface area contributed by atoms with Crippen LogP contribution in [-0.4, -0.2) is 24.5 Å². The van der Waals surface area contributed by atoms with E-state index >= 15 is 0 Å². The third-order valence-corrected chi connectivity index (χ3v) is 6.01. The molecule has 0 saturated carbocycles. The van der Waals surface area contributed by atoms with Gasteiger partial charge in [0.1, 0.15) is 6.33 Å². The second kappa shape index (κ2) is 8.33. The van der Waals surface area contributed by atoms with E-state index in [9.17, 15) is 0 Å². The number of imidazole rings is 1. The number of thiophene rings is 1. The van der Waals surface area contributed by atoms with Gasteiger partial charge < -0.3 is 10.6 Å². The van der Waals surface area contributed by atoms with E-state index in [-0.39, 0.29) is 0 Å². The number of fused-ring (bicyclic) bond motifs is 2. The molecule has 0 aliphatic rings. The molecule has 7 nitrogen and oxygen atoms in total. The summed E-state index contributed by atoms with van der Waals surface area (Å²) in [6.45, 7) is 0.638. The Labute approximate surface area is 193 Å². The fourth-order valence-electron chi connectivity index (χ4n) is 3.73. The molecule has 6 aromatic rings. The molecule has 0 fully saturated rings. The highest BCUT2D eigenvalue weighted by molar-refractivity contribution is 7.08. The molecule has 0 aliphatic carbocycles. The number of anilines is 3. The smallest absolute Gasteiger partial charge is 0.231 e. The van der Waals surface area contributed by atoms with Gasteiger partial charge in [0.15, 0.2) is 17.0 Å². The van der Waals surface area contributed by atoms with Crippen molar-refractivity contribution in [2.75, 3.05) is 10.6 Å². The van der Waals surface area contributed by atoms with Gasteiger partial charge >= 0.3 is 0 Å². The lowest BCUT2D eigenvalue weighted by Gasteiger charge is -2.11. The molecule has 0 radical (unpaired) electrons. The van der Waals surface area contributed by atoms with E-state index in [2.05, 4.69) is 44.2 Å². The van der Waals surface area contributed by atoms with Crippen molar-refractivity contribution in [2.24, 2.45) is 0 Å². The minimum Gasteiger partial charge on any atom is -0.364 e. The molecule has 0 aliphatic heterocycles. The Bertz CT molecular complexity index is 1540. The number of aromatic nitrogens is 5. The standard InChI is InChI=1S/C25H19N7S/c1-2-5-17(6-3-1)14-27-23-22-24(32(16-28-22)20-10-12-33-15-20)31-25(30-23)29-19-8-9-21-18(13-19)7-4-11-26-21/h1-13,15-16H,14H2,(H2,27,29,30,31). The van der Waals surface area contributed by atoms with Crippen LogP contribution in [0.4, 0.5) is 17.5 Å². The van der Waals surface area contributed by atoms with Crippen molar-refractivity contribution >= 4 is 50.9 Å². The molecule has 2 N–H and O–H groups in total. The van der Waals surface area contributed by atoms with Gasteiger partial charge in [-0.05, 0) is 41.3 Å². The second-order valence-electron chi connectivity index (χ2n) is 7.54. The van der Waals surface area contributed by atoms with Gasteiger partial charge in [-0.1, -0.05) is 36.4 Å². The largest absolute Gasteiger partial charge is 0.364 e. The molecule has 2 aromatic carbocycles. The van der Waals surface area contributed by atoms with Crippen molar-refractivity contribution in [3.63, 3.8) is 0 Å². The number of hydrogen-bond acceptors (Lipinski definition) is 7. The Kier molecular flexibility index (Phi) is 4.89. The Morgan fingerprint density at radius 1 is 0.909 bits per heavy atom. The van der Waals surface area contributed by atoms with Gasteiger partial charge in [0.2, 0.25) is 5.95 Å². The van der Waals surface area contributed by atoms with Gasteiger partial charge in [0.25, 0.3) is 0 Å². The van der Waals surface area contributed by atoms with Crippen molar-refractivity contribution in [1.29, 1.82) is 0 Å². The minimum absolute atomic E-state index is 0.498. The van der Waals surface area contributed by atoms with Crippen LogP contribution in [0.3, 0.4) is 0 Å². The molecule has 0 atom stereocenters. The number of rotatable bonds is 6. The maximum atomic E-state index is 4.81. The maximum Gasteiger partial charge on any atom is 0.231 e. The molecule has 8 heteroatoms. The monoisotopic (exact) mass is 449 g/mol. The average molecular weight is 450 g/mol. The fourth-order valence-corrected chi connectivity index (χ4v) is 4.35. The predicted octanol–water partition coefficient (Wildman–Crippen LogP) is 5.78. The van der Waals surface area contributed by atoms with Crippen molar-refractivity contribution in [3.05, 3.63) is 95.6 Å². The summed E-state index contributed by atoms with van der Waals surface area (Å²) >= 11 is 1.64. The molecule has 0 spiro atoms. The summed E-state index contributed by atoms with van der Waals surface area (Å²) in [5.74, 6) is 1.18. The van der Waals surface area contributed by atoms with Crippen molar-refractivity contribution in [3.8, 4) is 5.69 Å². The SMILES string of the molecule is c1ccc(CNc2nc(Nc3ccc4ncccc4c3)nc3c2ncn3-c2ccsc2)cc1.